The molecule has 3 rings (SSSR count). The Hall–Kier alpha value is -1.79. The first-order chi connectivity index (χ1) is 20.3. The lowest BCUT2D eigenvalue weighted by molar-refractivity contribution is 0.347. The Morgan fingerprint density at radius 1 is 0.455 bits per heavy atom. The zero-order valence-corrected chi connectivity index (χ0v) is 33.4. The van der Waals surface area contributed by atoms with Crippen molar-refractivity contribution in [3.8, 4) is 0 Å². The van der Waals surface area contributed by atoms with Gasteiger partial charge in [0.2, 0.25) is 0 Å². The van der Waals surface area contributed by atoms with E-state index in [-0.39, 0.29) is 10.8 Å². The molecule has 1 aliphatic rings. The summed E-state index contributed by atoms with van der Waals surface area (Å²) in [5.74, 6) is 0. The van der Waals surface area contributed by atoms with Crippen molar-refractivity contribution in [1.82, 2.24) is 0 Å². The van der Waals surface area contributed by atoms with Crippen LogP contribution in [0.25, 0.3) is 0 Å². The van der Waals surface area contributed by atoms with Gasteiger partial charge in [-0.1, -0.05) is 147 Å². The second-order valence-corrected chi connectivity index (χ2v) is 28.8. The molecule has 0 saturated heterocycles. The van der Waals surface area contributed by atoms with Crippen molar-refractivity contribution >= 4 is 49.3 Å². The van der Waals surface area contributed by atoms with Crippen LogP contribution in [0, 0.1) is 10.8 Å². The standard InChI is InChI=1S/C40H66N2Si2/c1-27(2)43(28(3)4,29(5)6)35-23-19-17-21-33(35)41-37-38(40(15,16)26-25-39(37,13)14)42-34-22-18-20-24-36(34)44(30(7)8,31(9)10)32(11)12/h17-24,27-32H,25-26H2,1-16H3. The van der Waals surface area contributed by atoms with Crippen LogP contribution in [-0.4, -0.2) is 27.6 Å². The molecule has 0 N–H and O–H groups in total. The molecule has 2 aromatic rings. The number of aliphatic imine (C=N–C) groups is 2. The molecule has 0 aromatic heterocycles. The Kier molecular flexibility index (Phi) is 11.3. The van der Waals surface area contributed by atoms with Crippen LogP contribution in [-0.2, 0) is 0 Å². The van der Waals surface area contributed by atoms with Crippen molar-refractivity contribution < 1.29 is 0 Å². The summed E-state index contributed by atoms with van der Waals surface area (Å²) in [4.78, 5) is 11.6. The normalized spacial score (nSPS) is 19.5. The fourth-order valence-corrected chi connectivity index (χ4v) is 23.6. The highest BCUT2D eigenvalue weighted by Gasteiger charge is 2.48. The topological polar surface area (TPSA) is 24.7 Å². The number of para-hydroxylation sites is 2. The van der Waals surface area contributed by atoms with E-state index in [0.29, 0.717) is 33.2 Å². The molecule has 0 aliphatic heterocycles. The van der Waals surface area contributed by atoms with Crippen LogP contribution in [0.3, 0.4) is 0 Å². The lowest BCUT2D eigenvalue weighted by atomic mass is 9.64. The molecular formula is C40H66N2Si2. The van der Waals surface area contributed by atoms with Crippen molar-refractivity contribution in [3.05, 3.63) is 48.5 Å². The van der Waals surface area contributed by atoms with Crippen LogP contribution in [0.1, 0.15) is 124 Å². The maximum absolute atomic E-state index is 5.79. The zero-order chi connectivity index (χ0) is 33.4. The fourth-order valence-electron chi connectivity index (χ4n) is 9.89. The molecule has 244 valence electrons. The van der Waals surface area contributed by atoms with Gasteiger partial charge in [-0.2, -0.15) is 0 Å². The van der Waals surface area contributed by atoms with Crippen LogP contribution in [0.15, 0.2) is 58.5 Å². The first-order valence-electron chi connectivity index (χ1n) is 17.7. The Bertz CT molecular complexity index is 1190. The molecule has 1 aliphatic carbocycles. The van der Waals surface area contributed by atoms with E-state index in [1.807, 2.05) is 0 Å². The van der Waals surface area contributed by atoms with Crippen LogP contribution < -0.4 is 10.4 Å². The predicted molar refractivity (Wildman–Crippen MR) is 205 cm³/mol. The van der Waals surface area contributed by atoms with Crippen LogP contribution in [0.4, 0.5) is 11.4 Å². The van der Waals surface area contributed by atoms with Crippen molar-refractivity contribution in [2.24, 2.45) is 20.8 Å². The van der Waals surface area contributed by atoms with E-state index in [0.717, 1.165) is 12.8 Å². The maximum Gasteiger partial charge on any atom is 0.0970 e. The first-order valence-corrected chi connectivity index (χ1v) is 22.1. The number of benzene rings is 2. The van der Waals surface area contributed by atoms with Crippen molar-refractivity contribution in [2.45, 2.75) is 157 Å². The highest BCUT2D eigenvalue weighted by atomic mass is 28.3. The third-order valence-corrected chi connectivity index (χ3v) is 26.0. The molecule has 0 amide bonds. The van der Waals surface area contributed by atoms with Crippen molar-refractivity contribution in [2.75, 3.05) is 0 Å². The van der Waals surface area contributed by atoms with E-state index < -0.39 is 16.1 Å². The van der Waals surface area contributed by atoms with Gasteiger partial charge in [-0.25, -0.2) is 0 Å². The average molecular weight is 631 g/mol. The van der Waals surface area contributed by atoms with Gasteiger partial charge in [0, 0.05) is 10.8 Å². The number of nitrogens with zero attached hydrogens (tertiary/aromatic N) is 2. The summed E-state index contributed by atoms with van der Waals surface area (Å²) in [5, 5.41) is 3.05. The largest absolute Gasteiger partial charge is 0.251 e. The van der Waals surface area contributed by atoms with Crippen molar-refractivity contribution in [3.63, 3.8) is 0 Å². The Balaban J connectivity index is 2.44. The molecule has 0 atom stereocenters. The van der Waals surface area contributed by atoms with Crippen LogP contribution in [0.2, 0.25) is 33.2 Å². The molecule has 0 spiro atoms. The van der Waals surface area contributed by atoms with Gasteiger partial charge in [-0.05, 0) is 68.6 Å². The first kappa shape index (κ1) is 36.7. The molecule has 44 heavy (non-hydrogen) atoms. The molecule has 0 unspecified atom stereocenters. The van der Waals surface area contributed by atoms with Gasteiger partial charge in [0.25, 0.3) is 0 Å². The summed E-state index contributed by atoms with van der Waals surface area (Å²) in [6, 6.07) is 18.3. The number of hydrogen-bond donors (Lipinski definition) is 0. The highest BCUT2D eigenvalue weighted by molar-refractivity contribution is 6.96. The lowest BCUT2D eigenvalue weighted by Gasteiger charge is -2.45. The minimum Gasteiger partial charge on any atom is -0.251 e. The van der Waals surface area contributed by atoms with E-state index in [1.165, 1.54) is 33.2 Å². The van der Waals surface area contributed by atoms with E-state index >= 15 is 0 Å². The Morgan fingerprint density at radius 3 is 0.955 bits per heavy atom. The van der Waals surface area contributed by atoms with Gasteiger partial charge in [0.1, 0.15) is 0 Å². The second-order valence-electron chi connectivity index (χ2n) is 17.0. The smallest absolute Gasteiger partial charge is 0.0970 e. The van der Waals surface area contributed by atoms with Crippen LogP contribution >= 0.6 is 0 Å². The molecule has 1 fully saturated rings. The summed E-state index contributed by atoms with van der Waals surface area (Å²) in [6.45, 7) is 39.1. The monoisotopic (exact) mass is 630 g/mol. The summed E-state index contributed by atoms with van der Waals surface area (Å²) in [7, 11) is -3.85. The number of rotatable bonds is 10. The summed E-state index contributed by atoms with van der Waals surface area (Å²) < 4.78 is 0. The summed E-state index contributed by atoms with van der Waals surface area (Å²) >= 11 is 0. The van der Waals surface area contributed by atoms with Crippen molar-refractivity contribution in [1.29, 1.82) is 0 Å². The average Bonchev–Trinajstić information content (AvgIpc) is 2.90. The molecule has 4 heteroatoms. The lowest BCUT2D eigenvalue weighted by Crippen LogP contribution is -2.56. The minimum atomic E-state index is -1.92. The summed E-state index contributed by atoms with van der Waals surface area (Å²) in [6.07, 6.45) is 2.23. The third-order valence-electron chi connectivity index (χ3n) is 11.8. The predicted octanol–water partition coefficient (Wildman–Crippen LogP) is 12.1. The molecule has 0 heterocycles. The van der Waals surface area contributed by atoms with E-state index in [4.69, 9.17) is 9.98 Å². The molecule has 0 bridgehead atoms. The van der Waals surface area contributed by atoms with Gasteiger partial charge in [0.15, 0.2) is 0 Å². The zero-order valence-electron chi connectivity index (χ0n) is 31.4. The molecule has 1 saturated carbocycles. The molecule has 0 radical (unpaired) electrons. The molecule has 2 aromatic carbocycles. The SMILES string of the molecule is CC(C)[Si](c1ccccc1N=C1C(=Nc2ccccc2[Si](C(C)C)(C(C)C)C(C)C)C(C)(C)CCC1(C)C)(C(C)C)C(C)C. The van der Waals surface area contributed by atoms with E-state index in [9.17, 15) is 0 Å². The van der Waals surface area contributed by atoms with Gasteiger partial charge < -0.3 is 0 Å². The Morgan fingerprint density at radius 2 is 0.705 bits per heavy atom. The minimum absolute atomic E-state index is 0.0588. The second kappa shape index (κ2) is 13.5. The van der Waals surface area contributed by atoms with E-state index in [2.05, 4.69) is 159 Å². The Labute approximate surface area is 274 Å². The van der Waals surface area contributed by atoms with E-state index in [1.54, 1.807) is 0 Å². The summed E-state index contributed by atoms with van der Waals surface area (Å²) in [5.41, 5.74) is 8.40. The van der Waals surface area contributed by atoms with Gasteiger partial charge >= 0.3 is 0 Å². The van der Waals surface area contributed by atoms with Gasteiger partial charge in [-0.3, -0.25) is 9.98 Å². The fraction of sp³-hybridized carbons (Fsp3) is 0.650. The van der Waals surface area contributed by atoms with Gasteiger partial charge in [-0.15, -0.1) is 0 Å². The van der Waals surface area contributed by atoms with Crippen LogP contribution in [0.5, 0.6) is 0 Å². The maximum atomic E-state index is 5.79. The quantitative estimate of drug-likeness (QED) is 0.233. The highest BCUT2D eigenvalue weighted by Crippen LogP contribution is 2.47. The van der Waals surface area contributed by atoms with Gasteiger partial charge in [0.05, 0.1) is 38.9 Å². The number of hydrogen-bond acceptors (Lipinski definition) is 2. The third kappa shape index (κ3) is 6.28. The molecule has 2 nitrogen and oxygen atoms in total. The molecular weight excluding hydrogens is 565 g/mol.